The quantitative estimate of drug-likeness (QED) is 0.316. The fraction of sp³-hybridized carbons (Fsp3) is 0.370. The molecule has 1 aromatic heterocycles. The summed E-state index contributed by atoms with van der Waals surface area (Å²) in [6.07, 6.45) is 6.52. The van der Waals surface area contributed by atoms with Crippen molar-refractivity contribution >= 4 is 17.5 Å². The number of hydrogen-bond donors (Lipinski definition) is 1. The summed E-state index contributed by atoms with van der Waals surface area (Å²) in [5, 5.41) is 11.9. The van der Waals surface area contributed by atoms with Crippen molar-refractivity contribution in [2.45, 2.75) is 53.2 Å². The van der Waals surface area contributed by atoms with Gasteiger partial charge in [0.05, 0.1) is 24.0 Å². The van der Waals surface area contributed by atoms with Crippen molar-refractivity contribution in [2.24, 2.45) is 5.92 Å². The summed E-state index contributed by atoms with van der Waals surface area (Å²) in [5.74, 6) is 1.57. The third-order valence-corrected chi connectivity index (χ3v) is 5.80. The lowest BCUT2D eigenvalue weighted by Crippen LogP contribution is -2.24. The highest BCUT2D eigenvalue weighted by Crippen LogP contribution is 2.29. The first kappa shape index (κ1) is 26.3. The van der Waals surface area contributed by atoms with Crippen molar-refractivity contribution in [3.63, 3.8) is 0 Å². The van der Waals surface area contributed by atoms with Gasteiger partial charge in [-0.05, 0) is 62.4 Å². The van der Waals surface area contributed by atoms with Crippen LogP contribution in [0.5, 0.6) is 11.5 Å². The Balaban J connectivity index is 1.52. The van der Waals surface area contributed by atoms with Crippen LogP contribution >= 0.6 is 11.6 Å². The third kappa shape index (κ3) is 8.14. The highest BCUT2D eigenvalue weighted by Gasteiger charge is 2.12. The Labute approximate surface area is 212 Å². The lowest BCUT2D eigenvalue weighted by molar-refractivity contribution is -0.122. The maximum atomic E-state index is 12.3. The number of hydrogen-bond acceptors (Lipinski definition) is 5. The van der Waals surface area contributed by atoms with Crippen molar-refractivity contribution < 1.29 is 14.3 Å². The Morgan fingerprint density at radius 3 is 2.74 bits per heavy atom. The van der Waals surface area contributed by atoms with Crippen LogP contribution in [0.4, 0.5) is 0 Å². The van der Waals surface area contributed by atoms with E-state index in [9.17, 15) is 4.79 Å². The normalized spacial score (nSPS) is 11.6. The van der Waals surface area contributed by atoms with Gasteiger partial charge in [-0.15, -0.1) is 5.10 Å². The Hall–Kier alpha value is -3.32. The number of carbonyl (C=O) groups excluding carboxylic acids is 1. The molecule has 0 saturated heterocycles. The van der Waals surface area contributed by atoms with E-state index in [1.807, 2.05) is 36.4 Å². The molecular formula is C27H33ClN4O3. The van der Waals surface area contributed by atoms with Gasteiger partial charge in [-0.1, -0.05) is 53.6 Å². The number of allylic oxidation sites excluding steroid dienone is 2. The molecule has 1 N–H and O–H groups in total. The Bertz CT molecular complexity index is 1150. The summed E-state index contributed by atoms with van der Waals surface area (Å²) < 4.78 is 13.0. The van der Waals surface area contributed by atoms with Gasteiger partial charge in [-0.2, -0.15) is 0 Å². The summed E-state index contributed by atoms with van der Waals surface area (Å²) >= 11 is 6.23. The molecule has 2 aromatic carbocycles. The van der Waals surface area contributed by atoms with Gasteiger partial charge in [0.2, 0.25) is 5.91 Å². The smallest absolute Gasteiger partial charge is 0.220 e. The summed E-state index contributed by atoms with van der Waals surface area (Å²) in [7, 11) is 1.59. The minimum atomic E-state index is 0.0515. The average Bonchev–Trinajstić information content (AvgIpc) is 3.30. The molecule has 0 aliphatic heterocycles. The molecule has 0 aliphatic rings. The van der Waals surface area contributed by atoms with Crippen LogP contribution in [0.3, 0.4) is 0 Å². The number of nitrogens with one attached hydrogen (secondary N) is 1. The predicted molar refractivity (Wildman–Crippen MR) is 138 cm³/mol. The van der Waals surface area contributed by atoms with Gasteiger partial charge in [0.1, 0.15) is 12.3 Å². The summed E-state index contributed by atoms with van der Waals surface area (Å²) in [6.45, 7) is 6.95. The number of methoxy groups -OCH3 is 1. The van der Waals surface area contributed by atoms with E-state index in [1.165, 1.54) is 5.57 Å². The first-order valence-electron chi connectivity index (χ1n) is 11.7. The van der Waals surface area contributed by atoms with Crippen LogP contribution in [0.2, 0.25) is 5.02 Å². The molecular weight excluding hydrogens is 464 g/mol. The molecule has 3 aromatic rings. The summed E-state index contributed by atoms with van der Waals surface area (Å²) in [5.41, 5.74) is 3.65. The molecule has 0 aliphatic carbocycles. The molecule has 0 fully saturated rings. The van der Waals surface area contributed by atoms with Crippen molar-refractivity contribution in [3.05, 3.63) is 76.6 Å². The van der Waals surface area contributed by atoms with Crippen molar-refractivity contribution in [3.8, 4) is 17.2 Å². The maximum Gasteiger partial charge on any atom is 0.220 e. The molecule has 8 heteroatoms. The summed E-state index contributed by atoms with van der Waals surface area (Å²) in [6, 6.07) is 13.0. The Morgan fingerprint density at radius 1 is 1.20 bits per heavy atom. The van der Waals surface area contributed by atoms with Crippen LogP contribution in [0, 0.1) is 5.92 Å². The highest BCUT2D eigenvalue weighted by atomic mass is 35.5. The number of halogens is 1. The van der Waals surface area contributed by atoms with Crippen molar-refractivity contribution in [2.75, 3.05) is 7.11 Å². The topological polar surface area (TPSA) is 78.3 Å². The molecule has 1 heterocycles. The molecule has 0 unspecified atom stereocenters. The van der Waals surface area contributed by atoms with Crippen molar-refractivity contribution in [1.82, 2.24) is 20.3 Å². The Morgan fingerprint density at radius 2 is 2.00 bits per heavy atom. The third-order valence-electron chi connectivity index (χ3n) is 5.48. The minimum Gasteiger partial charge on any atom is -0.493 e. The second-order valence-corrected chi connectivity index (χ2v) is 9.23. The largest absolute Gasteiger partial charge is 0.493 e. The zero-order valence-corrected chi connectivity index (χ0v) is 21.5. The zero-order chi connectivity index (χ0) is 25.2. The van der Waals surface area contributed by atoms with E-state index >= 15 is 0 Å². The number of carbonyl (C=O) groups is 1. The van der Waals surface area contributed by atoms with Gasteiger partial charge in [0.25, 0.3) is 0 Å². The van der Waals surface area contributed by atoms with Crippen LogP contribution in [0.15, 0.2) is 60.3 Å². The van der Waals surface area contributed by atoms with Crippen LogP contribution < -0.4 is 14.8 Å². The van der Waals surface area contributed by atoms with Crippen LogP contribution in [-0.2, 0) is 17.9 Å². The monoisotopic (exact) mass is 496 g/mol. The van der Waals surface area contributed by atoms with E-state index < -0.39 is 0 Å². The van der Waals surface area contributed by atoms with E-state index in [2.05, 4.69) is 42.5 Å². The van der Waals surface area contributed by atoms with Crippen LogP contribution in [0.1, 0.15) is 51.3 Å². The molecule has 0 saturated carbocycles. The Kier molecular flexibility index (Phi) is 9.73. The predicted octanol–water partition coefficient (Wildman–Crippen LogP) is 5.90. The fourth-order valence-electron chi connectivity index (χ4n) is 3.56. The minimum absolute atomic E-state index is 0.0515. The number of nitrogens with zero attached hydrogens (tertiary/aromatic N) is 3. The van der Waals surface area contributed by atoms with Gasteiger partial charge in [0.15, 0.2) is 11.5 Å². The molecule has 1 amide bonds. The fourth-order valence-corrected chi connectivity index (χ4v) is 3.78. The van der Waals surface area contributed by atoms with Crippen molar-refractivity contribution in [1.29, 1.82) is 0 Å². The molecule has 7 nitrogen and oxygen atoms in total. The van der Waals surface area contributed by atoms with Gasteiger partial charge < -0.3 is 14.8 Å². The lowest BCUT2D eigenvalue weighted by Gasteiger charge is -2.13. The first-order chi connectivity index (χ1) is 16.9. The maximum absolute atomic E-state index is 12.3. The number of benzene rings is 2. The molecule has 0 bridgehead atoms. The lowest BCUT2D eigenvalue weighted by atomic mass is 10.0. The van der Waals surface area contributed by atoms with E-state index in [-0.39, 0.29) is 12.5 Å². The van der Waals surface area contributed by atoms with Gasteiger partial charge in [0, 0.05) is 13.0 Å². The molecule has 0 radical (unpaired) electrons. The average molecular weight is 497 g/mol. The summed E-state index contributed by atoms with van der Waals surface area (Å²) in [4.78, 5) is 12.3. The molecule has 3 rings (SSSR count). The molecule has 35 heavy (non-hydrogen) atoms. The molecule has 0 spiro atoms. The number of amides is 1. The number of ether oxygens (including phenoxy) is 2. The van der Waals surface area contributed by atoms with Gasteiger partial charge in [-0.3, -0.25) is 4.79 Å². The van der Waals surface area contributed by atoms with Crippen LogP contribution in [0.25, 0.3) is 5.69 Å². The van der Waals surface area contributed by atoms with Gasteiger partial charge >= 0.3 is 0 Å². The standard InChI is InChI=1S/C27H33ClN4O3/c1-19(2)8-7-9-20(3)14-27(33)29-16-21-12-13-25(26(15-21)34-4)35-18-22-17-32(31-30-22)24-11-6-5-10-23(24)28/h5-6,8,10-13,15,17,20H,7,9,14,16,18H2,1-4H3,(H,29,33)/t20-/m1/s1. The second kappa shape index (κ2) is 13.0. The number of para-hydroxylation sites is 1. The van der Waals surface area contributed by atoms with E-state index in [1.54, 1.807) is 24.1 Å². The first-order valence-corrected chi connectivity index (χ1v) is 12.1. The number of aromatic nitrogens is 3. The second-order valence-electron chi connectivity index (χ2n) is 8.82. The van der Waals surface area contributed by atoms with Crippen LogP contribution in [-0.4, -0.2) is 28.0 Å². The molecule has 1 atom stereocenters. The van der Waals surface area contributed by atoms with E-state index in [0.29, 0.717) is 41.1 Å². The highest BCUT2D eigenvalue weighted by molar-refractivity contribution is 6.32. The van der Waals surface area contributed by atoms with E-state index in [4.69, 9.17) is 21.1 Å². The van der Waals surface area contributed by atoms with Gasteiger partial charge in [-0.25, -0.2) is 4.68 Å². The molecule has 186 valence electrons. The zero-order valence-electron chi connectivity index (χ0n) is 20.8. The number of rotatable bonds is 12. The SMILES string of the molecule is COc1cc(CNC(=O)C[C@H](C)CCC=C(C)C)ccc1OCc1cn(-c2ccccc2Cl)nn1. The van der Waals surface area contributed by atoms with E-state index in [0.717, 1.165) is 24.1 Å².